The molecule has 2 aromatic carbocycles. The van der Waals surface area contributed by atoms with Gasteiger partial charge in [0.15, 0.2) is 0 Å². The maximum Gasteiger partial charge on any atom is 0.271 e. The molecular formula is C17H19N3O4S. The van der Waals surface area contributed by atoms with E-state index in [4.69, 9.17) is 4.74 Å². The minimum Gasteiger partial charge on any atom is -0.497 e. The third-order valence-electron chi connectivity index (χ3n) is 3.46. The Morgan fingerprint density at radius 2 is 1.88 bits per heavy atom. The summed E-state index contributed by atoms with van der Waals surface area (Å²) in [5, 5.41) is 3.90. The number of sulfonamides is 1. The molecule has 0 atom stereocenters. The molecule has 0 radical (unpaired) electrons. The van der Waals surface area contributed by atoms with Crippen molar-refractivity contribution >= 4 is 27.8 Å². The van der Waals surface area contributed by atoms with E-state index in [1.165, 1.54) is 25.4 Å². The second-order valence-electron chi connectivity index (χ2n) is 5.25. The molecule has 0 aliphatic rings. The van der Waals surface area contributed by atoms with E-state index in [-0.39, 0.29) is 0 Å². The van der Waals surface area contributed by atoms with Gasteiger partial charge in [-0.15, -0.1) is 0 Å². The first-order valence-electron chi connectivity index (χ1n) is 7.32. The van der Waals surface area contributed by atoms with Crippen LogP contribution in [0.1, 0.15) is 15.9 Å². The van der Waals surface area contributed by atoms with Crippen molar-refractivity contribution in [2.75, 3.05) is 24.7 Å². The van der Waals surface area contributed by atoms with E-state index >= 15 is 0 Å². The maximum atomic E-state index is 12.1. The Morgan fingerprint density at radius 1 is 1.20 bits per heavy atom. The summed E-state index contributed by atoms with van der Waals surface area (Å²) in [7, 11) is -0.321. The molecule has 1 N–H and O–H groups in total. The van der Waals surface area contributed by atoms with E-state index in [9.17, 15) is 13.2 Å². The number of anilines is 1. The predicted molar refractivity (Wildman–Crippen MR) is 97.7 cm³/mol. The summed E-state index contributed by atoms with van der Waals surface area (Å²) in [6.45, 7) is 0. The minimum atomic E-state index is -3.34. The summed E-state index contributed by atoms with van der Waals surface area (Å²) < 4.78 is 29.2. The first-order chi connectivity index (χ1) is 11.8. The Morgan fingerprint density at radius 3 is 2.48 bits per heavy atom. The predicted octanol–water partition coefficient (Wildman–Crippen LogP) is 1.85. The summed E-state index contributed by atoms with van der Waals surface area (Å²) in [6.07, 6.45) is 2.62. The Bertz CT molecular complexity index is 877. The third-order valence-corrected chi connectivity index (χ3v) is 4.67. The molecule has 0 bridgehead atoms. The number of nitrogens with one attached hydrogen (secondary N) is 1. The topological polar surface area (TPSA) is 88.1 Å². The van der Waals surface area contributed by atoms with Crippen molar-refractivity contribution in [1.82, 2.24) is 5.43 Å². The normalized spacial score (nSPS) is 11.3. The number of nitrogens with zero attached hydrogens (tertiary/aromatic N) is 2. The highest BCUT2D eigenvalue weighted by atomic mass is 32.2. The first-order valence-corrected chi connectivity index (χ1v) is 9.17. The lowest BCUT2D eigenvalue weighted by Gasteiger charge is -2.16. The number of rotatable bonds is 6. The summed E-state index contributed by atoms with van der Waals surface area (Å²) in [5.74, 6) is 0.300. The molecule has 2 rings (SSSR count). The van der Waals surface area contributed by atoms with Crippen LogP contribution in [-0.4, -0.2) is 41.0 Å². The van der Waals surface area contributed by atoms with Crippen LogP contribution in [0, 0.1) is 0 Å². The van der Waals surface area contributed by atoms with Crippen molar-refractivity contribution in [3.8, 4) is 5.75 Å². The Kier molecular flexibility index (Phi) is 5.76. The molecule has 0 aliphatic carbocycles. The van der Waals surface area contributed by atoms with Crippen molar-refractivity contribution in [3.05, 3.63) is 59.7 Å². The van der Waals surface area contributed by atoms with Gasteiger partial charge in [0.05, 0.1) is 25.3 Å². The number of carbonyl (C=O) groups is 1. The van der Waals surface area contributed by atoms with Gasteiger partial charge in [0.1, 0.15) is 5.75 Å². The molecule has 132 valence electrons. The molecule has 0 heterocycles. The fourth-order valence-electron chi connectivity index (χ4n) is 1.97. The van der Waals surface area contributed by atoms with Crippen molar-refractivity contribution in [2.45, 2.75) is 0 Å². The van der Waals surface area contributed by atoms with Crippen LogP contribution < -0.4 is 14.5 Å². The average molecular weight is 361 g/mol. The van der Waals surface area contributed by atoms with Crippen molar-refractivity contribution < 1.29 is 17.9 Å². The summed E-state index contributed by atoms with van der Waals surface area (Å²) in [5.41, 5.74) is 4.04. The van der Waals surface area contributed by atoms with Gasteiger partial charge in [-0.2, -0.15) is 5.10 Å². The zero-order valence-electron chi connectivity index (χ0n) is 14.1. The van der Waals surface area contributed by atoms with Crippen molar-refractivity contribution in [3.63, 3.8) is 0 Å². The largest absolute Gasteiger partial charge is 0.497 e. The Balaban J connectivity index is 2.02. The van der Waals surface area contributed by atoms with Crippen LogP contribution in [0.5, 0.6) is 5.75 Å². The minimum absolute atomic E-state index is 0.369. The third kappa shape index (κ3) is 5.05. The highest BCUT2D eigenvalue weighted by Crippen LogP contribution is 2.16. The van der Waals surface area contributed by atoms with Gasteiger partial charge in [-0.3, -0.25) is 9.10 Å². The molecule has 0 aromatic heterocycles. The van der Waals surface area contributed by atoms with Gasteiger partial charge < -0.3 is 4.74 Å². The van der Waals surface area contributed by atoms with E-state index < -0.39 is 15.9 Å². The van der Waals surface area contributed by atoms with E-state index in [1.807, 2.05) is 18.2 Å². The van der Waals surface area contributed by atoms with E-state index in [0.29, 0.717) is 17.0 Å². The van der Waals surface area contributed by atoms with Crippen LogP contribution in [0.4, 0.5) is 5.69 Å². The van der Waals surface area contributed by atoms with E-state index in [1.54, 1.807) is 25.3 Å². The van der Waals surface area contributed by atoms with Gasteiger partial charge in [-0.05, 0) is 42.0 Å². The standard InChI is InChI=1S/C17H19N3O4S/c1-20(25(3,22)23)15-9-7-14(8-10-15)17(21)19-18-12-13-5-4-6-16(11-13)24-2/h4-12H,1-3H3,(H,19,21)/b18-12-. The number of hydrogen-bond acceptors (Lipinski definition) is 5. The lowest BCUT2D eigenvalue weighted by molar-refractivity contribution is 0.0955. The quantitative estimate of drug-likeness (QED) is 0.628. The van der Waals surface area contributed by atoms with Crippen molar-refractivity contribution in [2.24, 2.45) is 5.10 Å². The zero-order chi connectivity index (χ0) is 18.4. The van der Waals surface area contributed by atoms with Gasteiger partial charge in [0.2, 0.25) is 10.0 Å². The number of benzene rings is 2. The van der Waals surface area contributed by atoms with Crippen LogP contribution >= 0.6 is 0 Å². The smallest absolute Gasteiger partial charge is 0.271 e. The van der Waals surface area contributed by atoms with Gasteiger partial charge in [-0.25, -0.2) is 13.8 Å². The molecule has 0 saturated heterocycles. The average Bonchev–Trinajstić information content (AvgIpc) is 2.60. The van der Waals surface area contributed by atoms with Gasteiger partial charge in [0.25, 0.3) is 5.91 Å². The number of methoxy groups -OCH3 is 1. The molecule has 1 amide bonds. The van der Waals surface area contributed by atoms with Crippen LogP contribution in [0.2, 0.25) is 0 Å². The number of amides is 1. The summed E-state index contributed by atoms with van der Waals surface area (Å²) in [4.78, 5) is 12.1. The van der Waals surface area contributed by atoms with Gasteiger partial charge in [0, 0.05) is 12.6 Å². The lowest BCUT2D eigenvalue weighted by Crippen LogP contribution is -2.25. The molecule has 0 unspecified atom stereocenters. The van der Waals surface area contributed by atoms with Crippen LogP contribution in [0.3, 0.4) is 0 Å². The molecule has 0 aliphatic heterocycles. The van der Waals surface area contributed by atoms with Crippen LogP contribution in [0.15, 0.2) is 53.6 Å². The van der Waals surface area contributed by atoms with Crippen LogP contribution in [-0.2, 0) is 10.0 Å². The van der Waals surface area contributed by atoms with E-state index in [0.717, 1.165) is 16.1 Å². The number of hydrazone groups is 1. The molecule has 0 fully saturated rings. The lowest BCUT2D eigenvalue weighted by atomic mass is 10.2. The van der Waals surface area contributed by atoms with Gasteiger partial charge in [-0.1, -0.05) is 12.1 Å². The molecule has 25 heavy (non-hydrogen) atoms. The zero-order valence-corrected chi connectivity index (χ0v) is 14.9. The maximum absolute atomic E-state index is 12.1. The number of hydrogen-bond donors (Lipinski definition) is 1. The monoisotopic (exact) mass is 361 g/mol. The van der Waals surface area contributed by atoms with Crippen LogP contribution in [0.25, 0.3) is 0 Å². The van der Waals surface area contributed by atoms with Crippen molar-refractivity contribution in [1.29, 1.82) is 0 Å². The molecule has 2 aromatic rings. The number of carbonyl (C=O) groups excluding carboxylic acids is 1. The van der Waals surface area contributed by atoms with E-state index in [2.05, 4.69) is 10.5 Å². The Labute approximate surface area is 147 Å². The molecule has 0 saturated carbocycles. The molecule has 7 nitrogen and oxygen atoms in total. The highest BCUT2D eigenvalue weighted by Gasteiger charge is 2.12. The fourth-order valence-corrected chi connectivity index (χ4v) is 2.47. The number of ether oxygens (including phenoxy) is 1. The first kappa shape index (κ1) is 18.5. The highest BCUT2D eigenvalue weighted by molar-refractivity contribution is 7.92. The molecule has 8 heteroatoms. The Hall–Kier alpha value is -2.87. The summed E-state index contributed by atoms with van der Waals surface area (Å²) >= 11 is 0. The molecular weight excluding hydrogens is 342 g/mol. The second kappa shape index (κ2) is 7.80. The fraction of sp³-hybridized carbons (Fsp3) is 0.176. The molecule has 0 spiro atoms. The second-order valence-corrected chi connectivity index (χ2v) is 7.27. The van der Waals surface area contributed by atoms with Gasteiger partial charge >= 0.3 is 0 Å². The SMILES string of the molecule is COc1cccc(/C=N\NC(=O)c2ccc(N(C)S(C)(=O)=O)cc2)c1. The summed E-state index contributed by atoms with van der Waals surface area (Å²) in [6, 6.07) is 13.4.